The molecule has 2 heterocycles. The van der Waals surface area contributed by atoms with E-state index in [1.807, 2.05) is 28.8 Å². The lowest BCUT2D eigenvalue weighted by molar-refractivity contribution is 0.567. The number of benzene rings is 2. The van der Waals surface area contributed by atoms with Crippen molar-refractivity contribution in [3.05, 3.63) is 59.7 Å². The van der Waals surface area contributed by atoms with E-state index in [1.54, 1.807) is 0 Å². The smallest absolute Gasteiger partial charge is 0.206 e. The monoisotopic (exact) mass is 328 g/mol. The number of hydrogen-bond acceptors (Lipinski definition) is 3. The van der Waals surface area contributed by atoms with Crippen LogP contribution >= 0.6 is 0 Å². The lowest BCUT2D eigenvalue weighted by Crippen LogP contribution is -2.44. The predicted molar refractivity (Wildman–Crippen MR) is 90.3 cm³/mol. The van der Waals surface area contributed by atoms with Gasteiger partial charge in [0, 0.05) is 32.2 Å². The average Bonchev–Trinajstić information content (AvgIpc) is 2.94. The normalized spacial score (nSPS) is 15.2. The number of halogens is 2. The molecule has 1 aromatic heterocycles. The Hall–Kier alpha value is -2.47. The zero-order valence-electron chi connectivity index (χ0n) is 13.2. The van der Waals surface area contributed by atoms with Crippen LogP contribution in [0.15, 0.2) is 42.5 Å². The van der Waals surface area contributed by atoms with Crippen molar-refractivity contribution >= 4 is 17.0 Å². The molecule has 0 bridgehead atoms. The summed E-state index contributed by atoms with van der Waals surface area (Å²) < 4.78 is 29.1. The first-order valence-electron chi connectivity index (χ1n) is 8.06. The van der Waals surface area contributed by atoms with E-state index in [1.165, 1.54) is 12.1 Å². The third-order valence-electron chi connectivity index (χ3n) is 4.30. The van der Waals surface area contributed by atoms with Crippen LogP contribution in [-0.2, 0) is 6.54 Å². The lowest BCUT2D eigenvalue weighted by Gasteiger charge is -2.29. The van der Waals surface area contributed by atoms with Crippen molar-refractivity contribution in [2.75, 3.05) is 31.1 Å². The zero-order valence-corrected chi connectivity index (χ0v) is 13.2. The SMILES string of the molecule is Fc1cc(F)cc(Cn2c(N3CCNCC3)nc3ccccc32)c1. The molecule has 4 rings (SSSR count). The molecule has 1 aliphatic rings. The van der Waals surface area contributed by atoms with E-state index in [0.29, 0.717) is 12.1 Å². The molecule has 6 heteroatoms. The average molecular weight is 328 g/mol. The number of anilines is 1. The molecule has 0 unspecified atom stereocenters. The number of nitrogens with one attached hydrogen (secondary N) is 1. The molecule has 0 atom stereocenters. The van der Waals surface area contributed by atoms with Gasteiger partial charge in [-0.2, -0.15) is 0 Å². The van der Waals surface area contributed by atoms with Gasteiger partial charge >= 0.3 is 0 Å². The van der Waals surface area contributed by atoms with Crippen LogP contribution in [0.25, 0.3) is 11.0 Å². The van der Waals surface area contributed by atoms with Crippen LogP contribution in [0, 0.1) is 11.6 Å². The second-order valence-electron chi connectivity index (χ2n) is 6.00. The van der Waals surface area contributed by atoms with Crippen molar-refractivity contribution in [1.29, 1.82) is 0 Å². The molecule has 4 nitrogen and oxygen atoms in total. The molecule has 0 spiro atoms. The van der Waals surface area contributed by atoms with E-state index >= 15 is 0 Å². The Morgan fingerprint density at radius 3 is 2.46 bits per heavy atom. The largest absolute Gasteiger partial charge is 0.340 e. The molecule has 2 aromatic carbocycles. The van der Waals surface area contributed by atoms with Gasteiger partial charge in [0.05, 0.1) is 17.6 Å². The van der Waals surface area contributed by atoms with E-state index in [-0.39, 0.29) is 0 Å². The topological polar surface area (TPSA) is 33.1 Å². The van der Waals surface area contributed by atoms with Gasteiger partial charge in [0.15, 0.2) is 0 Å². The Bertz CT molecular complexity index is 848. The van der Waals surface area contributed by atoms with Gasteiger partial charge in [-0.15, -0.1) is 0 Å². The fourth-order valence-electron chi connectivity index (χ4n) is 3.21. The van der Waals surface area contributed by atoms with Gasteiger partial charge in [0.1, 0.15) is 11.6 Å². The quantitative estimate of drug-likeness (QED) is 0.803. The van der Waals surface area contributed by atoms with Crippen LogP contribution < -0.4 is 10.2 Å². The summed E-state index contributed by atoms with van der Waals surface area (Å²) in [4.78, 5) is 6.97. The number of para-hydroxylation sites is 2. The molecule has 1 saturated heterocycles. The second-order valence-corrected chi connectivity index (χ2v) is 6.00. The summed E-state index contributed by atoms with van der Waals surface area (Å²) in [5.74, 6) is -0.265. The van der Waals surface area contributed by atoms with Crippen LogP contribution in [0.2, 0.25) is 0 Å². The highest BCUT2D eigenvalue weighted by molar-refractivity contribution is 5.79. The van der Waals surface area contributed by atoms with Crippen LogP contribution in [-0.4, -0.2) is 35.7 Å². The summed E-state index contributed by atoms with van der Waals surface area (Å²) in [6.45, 7) is 3.91. The molecule has 0 saturated carbocycles. The van der Waals surface area contributed by atoms with Gasteiger partial charge in [-0.25, -0.2) is 13.8 Å². The molecule has 1 N–H and O–H groups in total. The molecule has 0 aliphatic carbocycles. The Kier molecular flexibility index (Phi) is 3.90. The molecule has 1 fully saturated rings. The maximum atomic E-state index is 13.5. The van der Waals surface area contributed by atoms with Crippen molar-refractivity contribution in [2.45, 2.75) is 6.54 Å². The molecule has 24 heavy (non-hydrogen) atoms. The van der Waals surface area contributed by atoms with Gasteiger partial charge in [-0.1, -0.05) is 12.1 Å². The summed E-state index contributed by atoms with van der Waals surface area (Å²) in [6, 6.07) is 11.5. The highest BCUT2D eigenvalue weighted by Crippen LogP contribution is 2.24. The van der Waals surface area contributed by atoms with Crippen molar-refractivity contribution in [2.24, 2.45) is 0 Å². The number of rotatable bonds is 3. The summed E-state index contributed by atoms with van der Waals surface area (Å²) in [7, 11) is 0. The molecule has 1 aliphatic heterocycles. The third-order valence-corrected chi connectivity index (χ3v) is 4.30. The van der Waals surface area contributed by atoms with Gasteiger partial charge in [-0.05, 0) is 29.8 Å². The Morgan fingerprint density at radius 1 is 1.00 bits per heavy atom. The second kappa shape index (κ2) is 6.20. The van der Waals surface area contributed by atoms with Gasteiger partial charge in [0.25, 0.3) is 0 Å². The van der Waals surface area contributed by atoms with Crippen molar-refractivity contribution in [1.82, 2.24) is 14.9 Å². The Morgan fingerprint density at radius 2 is 1.71 bits per heavy atom. The summed E-state index contributed by atoms with van der Waals surface area (Å²) in [5, 5.41) is 3.32. The molecule has 0 amide bonds. The van der Waals surface area contributed by atoms with Crippen molar-refractivity contribution < 1.29 is 8.78 Å². The van der Waals surface area contributed by atoms with E-state index < -0.39 is 11.6 Å². The van der Waals surface area contributed by atoms with Crippen LogP contribution in [0.1, 0.15) is 5.56 Å². The van der Waals surface area contributed by atoms with Crippen molar-refractivity contribution in [3.8, 4) is 0 Å². The Balaban J connectivity index is 1.79. The standard InChI is InChI=1S/C18H18F2N4/c19-14-9-13(10-15(20)11-14)12-24-17-4-2-1-3-16(17)22-18(24)23-7-5-21-6-8-23/h1-4,9-11,21H,5-8,12H2. The van der Waals surface area contributed by atoms with Gasteiger partial charge in [0.2, 0.25) is 5.95 Å². The van der Waals surface area contributed by atoms with Crippen LogP contribution in [0.3, 0.4) is 0 Å². The fraction of sp³-hybridized carbons (Fsp3) is 0.278. The summed E-state index contributed by atoms with van der Waals surface area (Å²) in [5.41, 5.74) is 2.45. The summed E-state index contributed by atoms with van der Waals surface area (Å²) in [6.07, 6.45) is 0. The number of hydrogen-bond donors (Lipinski definition) is 1. The number of aromatic nitrogens is 2. The zero-order chi connectivity index (χ0) is 16.5. The molecule has 3 aromatic rings. The van der Waals surface area contributed by atoms with E-state index in [2.05, 4.69) is 10.2 Å². The first-order chi connectivity index (χ1) is 11.7. The van der Waals surface area contributed by atoms with E-state index in [9.17, 15) is 8.78 Å². The van der Waals surface area contributed by atoms with Crippen molar-refractivity contribution in [3.63, 3.8) is 0 Å². The molecule has 0 radical (unpaired) electrons. The molecule has 124 valence electrons. The summed E-state index contributed by atoms with van der Waals surface area (Å²) >= 11 is 0. The predicted octanol–water partition coefficient (Wildman–Crippen LogP) is 2.77. The fourth-order valence-corrected chi connectivity index (χ4v) is 3.21. The number of imidazole rings is 1. The maximum absolute atomic E-state index is 13.5. The maximum Gasteiger partial charge on any atom is 0.206 e. The van der Waals surface area contributed by atoms with E-state index in [4.69, 9.17) is 4.98 Å². The van der Waals surface area contributed by atoms with Crippen LogP contribution in [0.4, 0.5) is 14.7 Å². The number of nitrogens with zero attached hydrogens (tertiary/aromatic N) is 3. The van der Waals surface area contributed by atoms with E-state index in [0.717, 1.165) is 49.2 Å². The van der Waals surface area contributed by atoms with Gasteiger partial charge < -0.3 is 14.8 Å². The molecular formula is C18H18F2N4. The molecular weight excluding hydrogens is 310 g/mol. The van der Waals surface area contributed by atoms with Gasteiger partial charge in [-0.3, -0.25) is 0 Å². The number of piperazine rings is 1. The minimum atomic E-state index is -0.557. The first kappa shape index (κ1) is 15.1. The highest BCUT2D eigenvalue weighted by Gasteiger charge is 2.19. The number of fused-ring (bicyclic) bond motifs is 1. The first-order valence-corrected chi connectivity index (χ1v) is 8.06. The minimum Gasteiger partial charge on any atom is -0.340 e. The third kappa shape index (κ3) is 2.85. The lowest BCUT2D eigenvalue weighted by atomic mass is 10.2. The minimum absolute atomic E-state index is 0.383. The Labute approximate surface area is 138 Å². The van der Waals surface area contributed by atoms with Crippen LogP contribution in [0.5, 0.6) is 0 Å². The highest BCUT2D eigenvalue weighted by atomic mass is 19.1.